The number of fused-ring (bicyclic) bond motifs is 1. The molecule has 5 nitrogen and oxygen atoms in total. The van der Waals surface area contributed by atoms with Gasteiger partial charge in [-0.2, -0.15) is 5.10 Å². The number of rotatable bonds is 5. The lowest BCUT2D eigenvalue weighted by molar-refractivity contribution is 0.0783. The van der Waals surface area contributed by atoms with Gasteiger partial charge in [0.15, 0.2) is 0 Å². The molecule has 33 heavy (non-hydrogen) atoms. The van der Waals surface area contributed by atoms with Gasteiger partial charge in [-0.05, 0) is 61.5 Å². The summed E-state index contributed by atoms with van der Waals surface area (Å²) in [5, 5.41) is 8.53. The Bertz CT molecular complexity index is 1310. The van der Waals surface area contributed by atoms with Crippen molar-refractivity contribution in [2.45, 2.75) is 12.5 Å². The first-order valence-corrected chi connectivity index (χ1v) is 11.4. The van der Waals surface area contributed by atoms with E-state index in [0.29, 0.717) is 11.6 Å². The van der Waals surface area contributed by atoms with Crippen molar-refractivity contribution >= 4 is 29.0 Å². The first kappa shape index (κ1) is 21.2. The molecule has 0 bridgehead atoms. The number of H-pyrrole nitrogens is 1. The van der Waals surface area contributed by atoms with E-state index in [4.69, 9.17) is 0 Å². The average molecular weight is 437 g/mol. The zero-order valence-corrected chi connectivity index (χ0v) is 19.0. The number of carbonyl (C=O) groups is 1. The van der Waals surface area contributed by atoms with Gasteiger partial charge in [0.1, 0.15) is 0 Å². The molecule has 0 spiro atoms. The van der Waals surface area contributed by atoms with Crippen molar-refractivity contribution in [3.05, 3.63) is 89.6 Å². The van der Waals surface area contributed by atoms with Gasteiger partial charge in [0.2, 0.25) is 0 Å². The second-order valence-corrected chi connectivity index (χ2v) is 8.81. The van der Waals surface area contributed by atoms with Crippen LogP contribution >= 0.6 is 0 Å². The highest BCUT2D eigenvalue weighted by Crippen LogP contribution is 2.27. The van der Waals surface area contributed by atoms with Crippen molar-refractivity contribution in [2.75, 3.05) is 27.2 Å². The van der Waals surface area contributed by atoms with E-state index in [1.807, 2.05) is 41.3 Å². The zero-order chi connectivity index (χ0) is 22.8. The molecule has 166 valence electrons. The van der Waals surface area contributed by atoms with E-state index in [9.17, 15) is 4.79 Å². The summed E-state index contributed by atoms with van der Waals surface area (Å²) in [7, 11) is 4.15. The Hall–Kier alpha value is -3.70. The third kappa shape index (κ3) is 4.32. The standard InChI is InChI=1S/C28H28N4O/c1-31(2)23-16-17-32(19-23)28(33)22-13-15-27-25(18-22)26(29-30-27)14-12-21-10-6-7-11-24(21)20-8-4-3-5-9-20/h3-15,18,23H,16-17,19H2,1-2H3,(H,29,30). The van der Waals surface area contributed by atoms with Crippen LogP contribution in [0.15, 0.2) is 72.8 Å². The molecule has 2 heterocycles. The molecule has 1 unspecified atom stereocenters. The molecule has 0 aliphatic carbocycles. The van der Waals surface area contributed by atoms with Gasteiger partial charge in [-0.3, -0.25) is 9.89 Å². The number of nitrogens with zero attached hydrogens (tertiary/aromatic N) is 3. The van der Waals surface area contributed by atoms with Crippen molar-refractivity contribution in [1.82, 2.24) is 20.0 Å². The maximum atomic E-state index is 13.1. The summed E-state index contributed by atoms with van der Waals surface area (Å²) in [6.07, 6.45) is 5.16. The van der Waals surface area contributed by atoms with E-state index in [2.05, 4.69) is 77.7 Å². The molecule has 0 radical (unpaired) electrons. The van der Waals surface area contributed by atoms with Crippen molar-refractivity contribution < 1.29 is 4.79 Å². The van der Waals surface area contributed by atoms with Crippen LogP contribution in [0.2, 0.25) is 0 Å². The number of likely N-dealkylation sites (tertiary alicyclic amines) is 1. The minimum Gasteiger partial charge on any atom is -0.337 e. The summed E-state index contributed by atoms with van der Waals surface area (Å²) in [4.78, 5) is 17.3. The van der Waals surface area contributed by atoms with Crippen LogP contribution in [0.1, 0.15) is 28.0 Å². The molecule has 1 atom stereocenters. The van der Waals surface area contributed by atoms with Gasteiger partial charge in [0.05, 0.1) is 11.2 Å². The maximum absolute atomic E-state index is 13.1. The lowest BCUT2D eigenvalue weighted by atomic mass is 9.99. The molecule has 1 fully saturated rings. The first-order valence-electron chi connectivity index (χ1n) is 11.4. The average Bonchev–Trinajstić information content (AvgIpc) is 3.50. The predicted octanol–water partition coefficient (Wildman–Crippen LogP) is 5.18. The molecule has 5 heteroatoms. The summed E-state index contributed by atoms with van der Waals surface area (Å²) in [5.41, 5.74) is 5.96. The molecule has 3 aromatic carbocycles. The third-order valence-corrected chi connectivity index (χ3v) is 6.49. The topological polar surface area (TPSA) is 52.2 Å². The van der Waals surface area contributed by atoms with Crippen LogP contribution in [0.3, 0.4) is 0 Å². The summed E-state index contributed by atoms with van der Waals surface area (Å²) in [6.45, 7) is 1.58. The van der Waals surface area contributed by atoms with Crippen LogP contribution in [0.25, 0.3) is 34.2 Å². The molecular weight excluding hydrogens is 408 g/mol. The molecule has 1 amide bonds. The first-order chi connectivity index (χ1) is 16.1. The van der Waals surface area contributed by atoms with Crippen LogP contribution in [0.4, 0.5) is 0 Å². The SMILES string of the molecule is CN(C)C1CCN(C(=O)c2ccc3n[nH]c(C=Cc4ccccc4-c4ccccc4)c3c2)C1. The zero-order valence-electron chi connectivity index (χ0n) is 19.0. The Labute approximate surface area is 194 Å². The largest absolute Gasteiger partial charge is 0.337 e. The van der Waals surface area contributed by atoms with Crippen molar-refractivity contribution in [3.8, 4) is 11.1 Å². The number of benzene rings is 3. The summed E-state index contributed by atoms with van der Waals surface area (Å²) in [6, 6.07) is 24.9. The van der Waals surface area contributed by atoms with Crippen LogP contribution < -0.4 is 0 Å². The Kier molecular flexibility index (Phi) is 5.80. The van der Waals surface area contributed by atoms with Crippen LogP contribution in [0, 0.1) is 0 Å². The molecule has 0 saturated carbocycles. The van der Waals surface area contributed by atoms with Gasteiger partial charge < -0.3 is 9.80 Å². The van der Waals surface area contributed by atoms with Crippen molar-refractivity contribution in [1.29, 1.82) is 0 Å². The second kappa shape index (κ2) is 9.04. The lowest BCUT2D eigenvalue weighted by Crippen LogP contribution is -2.34. The minimum atomic E-state index is 0.0896. The minimum absolute atomic E-state index is 0.0896. The number of likely N-dealkylation sites (N-methyl/N-ethyl adjacent to an activating group) is 1. The normalized spacial score (nSPS) is 16.3. The molecule has 5 rings (SSSR count). The van der Waals surface area contributed by atoms with Gasteiger partial charge in [-0.1, -0.05) is 60.7 Å². The fraction of sp³-hybridized carbons (Fsp3) is 0.214. The summed E-state index contributed by atoms with van der Waals surface area (Å²) in [5.74, 6) is 0.0896. The Balaban J connectivity index is 1.43. The van der Waals surface area contributed by atoms with Gasteiger partial charge >= 0.3 is 0 Å². The molecule has 1 aromatic heterocycles. The number of carbonyl (C=O) groups excluding carboxylic acids is 1. The van der Waals surface area contributed by atoms with E-state index >= 15 is 0 Å². The summed E-state index contributed by atoms with van der Waals surface area (Å²) < 4.78 is 0. The predicted molar refractivity (Wildman–Crippen MR) is 135 cm³/mol. The summed E-state index contributed by atoms with van der Waals surface area (Å²) >= 11 is 0. The van der Waals surface area contributed by atoms with Gasteiger partial charge in [-0.25, -0.2) is 0 Å². The molecule has 1 aliphatic rings. The third-order valence-electron chi connectivity index (χ3n) is 6.49. The fourth-order valence-electron chi connectivity index (χ4n) is 4.52. The van der Waals surface area contributed by atoms with E-state index in [1.54, 1.807) is 0 Å². The molecular formula is C28H28N4O. The number of amides is 1. The fourth-order valence-corrected chi connectivity index (χ4v) is 4.52. The van der Waals surface area contributed by atoms with Gasteiger partial charge in [-0.15, -0.1) is 0 Å². The molecule has 1 saturated heterocycles. The van der Waals surface area contributed by atoms with E-state index in [-0.39, 0.29) is 5.91 Å². The number of hydrogen-bond acceptors (Lipinski definition) is 3. The number of nitrogens with one attached hydrogen (secondary N) is 1. The van der Waals surface area contributed by atoms with Gasteiger partial charge in [0, 0.05) is 30.1 Å². The van der Waals surface area contributed by atoms with Crippen LogP contribution in [0.5, 0.6) is 0 Å². The van der Waals surface area contributed by atoms with E-state index in [0.717, 1.165) is 41.7 Å². The Morgan fingerprint density at radius 1 is 1.03 bits per heavy atom. The van der Waals surface area contributed by atoms with Crippen molar-refractivity contribution in [2.24, 2.45) is 0 Å². The highest BCUT2D eigenvalue weighted by Gasteiger charge is 2.28. The highest BCUT2D eigenvalue weighted by molar-refractivity contribution is 6.00. The van der Waals surface area contributed by atoms with E-state index in [1.165, 1.54) is 11.1 Å². The maximum Gasteiger partial charge on any atom is 0.253 e. The van der Waals surface area contributed by atoms with Crippen LogP contribution in [-0.2, 0) is 0 Å². The highest BCUT2D eigenvalue weighted by atomic mass is 16.2. The Morgan fingerprint density at radius 2 is 1.82 bits per heavy atom. The number of aromatic nitrogens is 2. The molecule has 1 aliphatic heterocycles. The van der Waals surface area contributed by atoms with Gasteiger partial charge in [0.25, 0.3) is 5.91 Å². The number of hydrogen-bond donors (Lipinski definition) is 1. The second-order valence-electron chi connectivity index (χ2n) is 8.81. The molecule has 1 N–H and O–H groups in total. The monoisotopic (exact) mass is 436 g/mol. The Morgan fingerprint density at radius 3 is 2.61 bits per heavy atom. The van der Waals surface area contributed by atoms with E-state index < -0.39 is 0 Å². The smallest absolute Gasteiger partial charge is 0.253 e. The van der Waals surface area contributed by atoms with Crippen LogP contribution in [-0.4, -0.2) is 59.1 Å². The number of aromatic amines is 1. The molecule has 4 aromatic rings. The lowest BCUT2D eigenvalue weighted by Gasteiger charge is -2.20. The van der Waals surface area contributed by atoms with Crippen molar-refractivity contribution in [3.63, 3.8) is 0 Å². The quantitative estimate of drug-likeness (QED) is 0.469.